The Morgan fingerprint density at radius 3 is 2.50 bits per heavy atom. The van der Waals surface area contributed by atoms with Crippen molar-refractivity contribution in [2.24, 2.45) is 23.7 Å². The number of imide groups is 1. The molecule has 2 bridgehead atoms. The molecule has 1 N–H and O–H groups in total. The third-order valence-corrected chi connectivity index (χ3v) is 5.41. The van der Waals surface area contributed by atoms with Gasteiger partial charge in [0.25, 0.3) is 0 Å². The van der Waals surface area contributed by atoms with Gasteiger partial charge in [0.2, 0.25) is 17.7 Å². The highest BCUT2D eigenvalue weighted by molar-refractivity contribution is 6.08. The van der Waals surface area contributed by atoms with Crippen LogP contribution in [0.3, 0.4) is 0 Å². The molecule has 0 aromatic rings. The number of nitrogens with zero attached hydrogens (tertiary/aromatic N) is 1. The summed E-state index contributed by atoms with van der Waals surface area (Å²) in [7, 11) is 0. The fraction of sp³-hybridized carbons (Fsp3) is 0.688. The van der Waals surface area contributed by atoms with Gasteiger partial charge in [0.15, 0.2) is 0 Å². The molecule has 3 amide bonds. The standard InChI is InChI=1S/C16H20N2O4/c19-12(17-7-11-2-1-5-22-11)8-18-15(20)13-9-3-4-10(6-9)14(13)16(18)21/h3-4,9-11,13-14H,1-2,5-8H2,(H,17,19)/t9-,10-,11+,13+,14+/m0/s1. The lowest BCUT2D eigenvalue weighted by Gasteiger charge is -2.17. The molecule has 118 valence electrons. The van der Waals surface area contributed by atoms with Crippen molar-refractivity contribution < 1.29 is 19.1 Å². The van der Waals surface area contributed by atoms with Crippen LogP contribution in [0.2, 0.25) is 0 Å². The van der Waals surface area contributed by atoms with Crippen molar-refractivity contribution in [1.29, 1.82) is 0 Å². The van der Waals surface area contributed by atoms with Gasteiger partial charge in [-0.1, -0.05) is 12.2 Å². The van der Waals surface area contributed by atoms with Gasteiger partial charge in [-0.2, -0.15) is 0 Å². The second-order valence-corrected chi connectivity index (χ2v) is 6.70. The molecule has 4 aliphatic rings. The Morgan fingerprint density at radius 2 is 1.91 bits per heavy atom. The van der Waals surface area contributed by atoms with Crippen LogP contribution in [-0.2, 0) is 19.1 Å². The summed E-state index contributed by atoms with van der Waals surface area (Å²) < 4.78 is 5.44. The van der Waals surface area contributed by atoms with Gasteiger partial charge in [-0.25, -0.2) is 0 Å². The third kappa shape index (κ3) is 2.08. The van der Waals surface area contributed by atoms with Gasteiger partial charge in [0.05, 0.1) is 17.9 Å². The highest BCUT2D eigenvalue weighted by atomic mass is 16.5. The minimum absolute atomic E-state index is 0.0633. The van der Waals surface area contributed by atoms with Crippen molar-refractivity contribution in [3.05, 3.63) is 12.2 Å². The minimum Gasteiger partial charge on any atom is -0.376 e. The van der Waals surface area contributed by atoms with Crippen molar-refractivity contribution in [2.75, 3.05) is 19.7 Å². The molecule has 3 fully saturated rings. The van der Waals surface area contributed by atoms with E-state index in [-0.39, 0.29) is 54.0 Å². The summed E-state index contributed by atoms with van der Waals surface area (Å²) >= 11 is 0. The number of carbonyl (C=O) groups excluding carboxylic acids is 3. The average molecular weight is 304 g/mol. The molecule has 0 spiro atoms. The maximum atomic E-state index is 12.4. The van der Waals surface area contributed by atoms with Gasteiger partial charge in [-0.3, -0.25) is 19.3 Å². The Balaban J connectivity index is 1.36. The van der Waals surface area contributed by atoms with Crippen LogP contribution in [0.15, 0.2) is 12.2 Å². The number of rotatable bonds is 4. The smallest absolute Gasteiger partial charge is 0.240 e. The zero-order valence-corrected chi connectivity index (χ0v) is 12.4. The normalized spacial score (nSPS) is 38.9. The van der Waals surface area contributed by atoms with E-state index in [0.717, 1.165) is 30.8 Å². The summed E-state index contributed by atoms with van der Waals surface area (Å²) in [5, 5.41) is 2.77. The molecular weight excluding hydrogens is 284 g/mol. The largest absolute Gasteiger partial charge is 0.376 e. The Morgan fingerprint density at radius 1 is 1.23 bits per heavy atom. The predicted molar refractivity (Wildman–Crippen MR) is 76.4 cm³/mol. The molecule has 2 aliphatic carbocycles. The van der Waals surface area contributed by atoms with E-state index in [4.69, 9.17) is 4.74 Å². The van der Waals surface area contributed by atoms with E-state index in [1.54, 1.807) is 0 Å². The molecule has 2 aliphatic heterocycles. The SMILES string of the molecule is O=C(CN1C(=O)[C@H]2[C@H](C1=O)[C@H]1C=C[C@H]2C1)NC[C@H]1CCCO1. The molecule has 6 heteroatoms. The van der Waals surface area contributed by atoms with Crippen molar-refractivity contribution in [1.82, 2.24) is 10.2 Å². The molecule has 1 saturated carbocycles. The number of carbonyl (C=O) groups is 3. The first-order valence-corrected chi connectivity index (χ1v) is 8.07. The van der Waals surface area contributed by atoms with Crippen LogP contribution >= 0.6 is 0 Å². The van der Waals surface area contributed by atoms with E-state index >= 15 is 0 Å². The summed E-state index contributed by atoms with van der Waals surface area (Å²) in [6.45, 7) is 1.04. The van der Waals surface area contributed by atoms with Crippen LogP contribution < -0.4 is 5.32 Å². The van der Waals surface area contributed by atoms with Crippen molar-refractivity contribution in [3.8, 4) is 0 Å². The summed E-state index contributed by atoms with van der Waals surface area (Å²) in [6, 6.07) is 0. The maximum absolute atomic E-state index is 12.4. The van der Waals surface area contributed by atoms with Crippen LogP contribution in [0, 0.1) is 23.7 Å². The van der Waals surface area contributed by atoms with E-state index < -0.39 is 0 Å². The van der Waals surface area contributed by atoms with Gasteiger partial charge in [-0.05, 0) is 31.1 Å². The molecule has 4 rings (SSSR count). The number of fused-ring (bicyclic) bond motifs is 5. The van der Waals surface area contributed by atoms with Crippen molar-refractivity contribution >= 4 is 17.7 Å². The molecule has 2 saturated heterocycles. The van der Waals surface area contributed by atoms with E-state index in [1.807, 2.05) is 0 Å². The molecule has 22 heavy (non-hydrogen) atoms. The van der Waals surface area contributed by atoms with E-state index in [2.05, 4.69) is 17.5 Å². The molecule has 0 radical (unpaired) electrons. The van der Waals surface area contributed by atoms with Crippen LogP contribution in [0.1, 0.15) is 19.3 Å². The van der Waals surface area contributed by atoms with Crippen LogP contribution in [0.5, 0.6) is 0 Å². The van der Waals surface area contributed by atoms with Crippen molar-refractivity contribution in [3.63, 3.8) is 0 Å². The van der Waals surface area contributed by atoms with Gasteiger partial charge >= 0.3 is 0 Å². The number of ether oxygens (including phenoxy) is 1. The van der Waals surface area contributed by atoms with E-state index in [1.165, 1.54) is 0 Å². The first-order valence-electron chi connectivity index (χ1n) is 8.07. The number of hydrogen-bond acceptors (Lipinski definition) is 4. The second kappa shape index (κ2) is 5.19. The van der Waals surface area contributed by atoms with Gasteiger partial charge < -0.3 is 10.1 Å². The summed E-state index contributed by atoms with van der Waals surface area (Å²) in [5.74, 6) is -0.699. The number of hydrogen-bond donors (Lipinski definition) is 1. The van der Waals surface area contributed by atoms with Crippen molar-refractivity contribution in [2.45, 2.75) is 25.4 Å². The molecule has 0 unspecified atom stereocenters. The zero-order chi connectivity index (χ0) is 15.3. The Labute approximate surface area is 128 Å². The highest BCUT2D eigenvalue weighted by Gasteiger charge is 2.59. The van der Waals surface area contributed by atoms with Gasteiger partial charge in [0, 0.05) is 13.2 Å². The third-order valence-electron chi connectivity index (χ3n) is 5.41. The summed E-state index contributed by atoms with van der Waals surface area (Å²) in [5.41, 5.74) is 0. The number of nitrogens with one attached hydrogen (secondary N) is 1. The maximum Gasteiger partial charge on any atom is 0.240 e. The number of likely N-dealkylation sites (tertiary alicyclic amines) is 1. The fourth-order valence-corrected chi connectivity index (χ4v) is 4.35. The van der Waals surface area contributed by atoms with E-state index in [9.17, 15) is 14.4 Å². The fourth-order valence-electron chi connectivity index (χ4n) is 4.35. The Hall–Kier alpha value is -1.69. The molecule has 6 nitrogen and oxygen atoms in total. The number of amides is 3. The van der Waals surface area contributed by atoms with E-state index in [0.29, 0.717) is 6.54 Å². The molecule has 0 aromatic heterocycles. The lowest BCUT2D eigenvalue weighted by atomic mass is 9.85. The molecule has 2 heterocycles. The van der Waals surface area contributed by atoms with Crippen LogP contribution in [0.25, 0.3) is 0 Å². The molecule has 0 aromatic carbocycles. The number of allylic oxidation sites excluding steroid dienone is 2. The first kappa shape index (κ1) is 13.9. The van der Waals surface area contributed by atoms with Crippen LogP contribution in [-0.4, -0.2) is 48.4 Å². The minimum atomic E-state index is -0.280. The zero-order valence-electron chi connectivity index (χ0n) is 12.4. The predicted octanol–water partition coefficient (Wildman–Crippen LogP) is 0.0887. The van der Waals surface area contributed by atoms with Gasteiger partial charge in [0.1, 0.15) is 6.54 Å². The molecular formula is C16H20N2O4. The highest BCUT2D eigenvalue weighted by Crippen LogP contribution is 2.52. The molecule has 5 atom stereocenters. The second-order valence-electron chi connectivity index (χ2n) is 6.70. The lowest BCUT2D eigenvalue weighted by molar-refractivity contribution is -0.144. The average Bonchev–Trinajstić information content (AvgIpc) is 3.26. The quantitative estimate of drug-likeness (QED) is 0.590. The lowest BCUT2D eigenvalue weighted by Crippen LogP contribution is -2.43. The van der Waals surface area contributed by atoms with Crippen LogP contribution in [0.4, 0.5) is 0 Å². The first-order chi connectivity index (χ1) is 10.6. The Bertz CT molecular complexity index is 522. The topological polar surface area (TPSA) is 75.7 Å². The Kier molecular flexibility index (Phi) is 3.29. The summed E-state index contributed by atoms with van der Waals surface area (Å²) in [4.78, 5) is 38.1. The summed E-state index contributed by atoms with van der Waals surface area (Å²) in [6.07, 6.45) is 7.04. The monoisotopic (exact) mass is 304 g/mol. The van der Waals surface area contributed by atoms with Gasteiger partial charge in [-0.15, -0.1) is 0 Å².